The molecule has 0 amide bonds. The Balaban J connectivity index is 2.35. The molecule has 1 aromatic rings. The van der Waals surface area contributed by atoms with Crippen molar-refractivity contribution in [2.75, 3.05) is 17.2 Å². The lowest BCUT2D eigenvalue weighted by molar-refractivity contribution is -0.136. The van der Waals surface area contributed by atoms with Gasteiger partial charge in [0, 0.05) is 24.0 Å². The molecule has 1 aromatic carbocycles. The molecule has 1 aliphatic rings. The molecule has 2 nitrogen and oxygen atoms in total. The van der Waals surface area contributed by atoms with E-state index in [1.165, 1.54) is 12.1 Å². The fourth-order valence-electron chi connectivity index (χ4n) is 2.62. The van der Waals surface area contributed by atoms with Crippen molar-refractivity contribution in [3.05, 3.63) is 23.8 Å². The van der Waals surface area contributed by atoms with Gasteiger partial charge in [0.1, 0.15) is 0 Å². The van der Waals surface area contributed by atoms with Crippen LogP contribution in [0.3, 0.4) is 0 Å². The Morgan fingerprint density at radius 1 is 1.21 bits per heavy atom. The van der Waals surface area contributed by atoms with Crippen LogP contribution in [0.4, 0.5) is 24.5 Å². The first-order valence-electron chi connectivity index (χ1n) is 6.52. The van der Waals surface area contributed by atoms with E-state index in [0.29, 0.717) is 11.6 Å². The van der Waals surface area contributed by atoms with E-state index < -0.39 is 11.7 Å². The number of hydrogen-bond acceptors (Lipinski definition) is 2. The Labute approximate surface area is 111 Å². The number of benzene rings is 1. The number of anilines is 2. The first-order valence-corrected chi connectivity index (χ1v) is 6.52. The second-order valence-corrected chi connectivity index (χ2v) is 5.45. The van der Waals surface area contributed by atoms with Gasteiger partial charge in [0.05, 0.1) is 5.56 Å². The van der Waals surface area contributed by atoms with E-state index in [0.717, 1.165) is 19.4 Å². The lowest BCUT2D eigenvalue weighted by atomic mass is 9.94. The van der Waals surface area contributed by atoms with Gasteiger partial charge in [-0.2, -0.15) is 13.2 Å². The summed E-state index contributed by atoms with van der Waals surface area (Å²) in [6.07, 6.45) is -2.27. The molecule has 0 bridgehead atoms. The van der Waals surface area contributed by atoms with Gasteiger partial charge in [-0.25, -0.2) is 0 Å². The average molecular weight is 272 g/mol. The SMILES string of the molecule is CC1CCC(C)N(c2ccc(N)c(C(F)(F)F)c2)C1. The molecular weight excluding hydrogens is 253 g/mol. The van der Waals surface area contributed by atoms with Crippen molar-refractivity contribution >= 4 is 11.4 Å². The molecule has 1 saturated heterocycles. The predicted octanol–water partition coefficient (Wildman–Crippen LogP) is 3.91. The van der Waals surface area contributed by atoms with Crippen LogP contribution in [0.15, 0.2) is 18.2 Å². The zero-order chi connectivity index (χ0) is 14.2. The van der Waals surface area contributed by atoms with Crippen molar-refractivity contribution in [2.24, 2.45) is 5.92 Å². The minimum absolute atomic E-state index is 0.214. The Hall–Kier alpha value is -1.39. The quantitative estimate of drug-likeness (QED) is 0.785. The molecule has 106 valence electrons. The van der Waals surface area contributed by atoms with Crippen LogP contribution in [0.25, 0.3) is 0 Å². The fourth-order valence-corrected chi connectivity index (χ4v) is 2.62. The highest BCUT2D eigenvalue weighted by Gasteiger charge is 2.34. The topological polar surface area (TPSA) is 29.3 Å². The van der Waals surface area contributed by atoms with E-state index in [4.69, 9.17) is 5.73 Å². The van der Waals surface area contributed by atoms with Crippen LogP contribution < -0.4 is 10.6 Å². The number of alkyl halides is 3. The maximum Gasteiger partial charge on any atom is 0.418 e. The number of nitrogen functional groups attached to an aromatic ring is 1. The highest BCUT2D eigenvalue weighted by Crippen LogP contribution is 2.37. The summed E-state index contributed by atoms with van der Waals surface area (Å²) in [5, 5.41) is 0. The van der Waals surface area contributed by atoms with Gasteiger partial charge >= 0.3 is 6.18 Å². The summed E-state index contributed by atoms with van der Waals surface area (Å²) in [5.41, 5.74) is 5.09. The smallest absolute Gasteiger partial charge is 0.398 e. The van der Waals surface area contributed by atoms with Gasteiger partial charge in [0.2, 0.25) is 0 Å². The molecule has 1 aliphatic heterocycles. The Morgan fingerprint density at radius 2 is 1.89 bits per heavy atom. The summed E-state index contributed by atoms with van der Waals surface area (Å²) < 4.78 is 38.6. The average Bonchev–Trinajstić information content (AvgIpc) is 2.31. The summed E-state index contributed by atoms with van der Waals surface area (Å²) in [6, 6.07) is 4.47. The predicted molar refractivity (Wildman–Crippen MR) is 71.1 cm³/mol. The molecule has 19 heavy (non-hydrogen) atoms. The van der Waals surface area contributed by atoms with Crippen LogP contribution in [0.5, 0.6) is 0 Å². The number of nitrogens with zero attached hydrogens (tertiary/aromatic N) is 1. The van der Waals surface area contributed by atoms with Gasteiger partial charge in [-0.15, -0.1) is 0 Å². The molecule has 0 spiro atoms. The molecule has 1 fully saturated rings. The first kappa shape index (κ1) is 14.0. The maximum absolute atomic E-state index is 12.9. The minimum Gasteiger partial charge on any atom is -0.398 e. The lowest BCUT2D eigenvalue weighted by Gasteiger charge is -2.39. The third-order valence-corrected chi connectivity index (χ3v) is 3.79. The third-order valence-electron chi connectivity index (χ3n) is 3.79. The van der Waals surface area contributed by atoms with Gasteiger partial charge in [-0.3, -0.25) is 0 Å². The first-order chi connectivity index (χ1) is 8.79. The Kier molecular flexibility index (Phi) is 3.65. The van der Waals surface area contributed by atoms with E-state index >= 15 is 0 Å². The molecule has 2 rings (SSSR count). The summed E-state index contributed by atoms with van der Waals surface area (Å²) >= 11 is 0. The van der Waals surface area contributed by atoms with E-state index in [-0.39, 0.29) is 11.7 Å². The summed E-state index contributed by atoms with van der Waals surface area (Å²) in [6.45, 7) is 4.97. The van der Waals surface area contributed by atoms with Crippen LogP contribution in [-0.2, 0) is 6.18 Å². The molecule has 0 saturated carbocycles. The molecule has 0 aromatic heterocycles. The summed E-state index contributed by atoms with van der Waals surface area (Å²) in [5.74, 6) is 0.503. The van der Waals surface area contributed by atoms with Crippen molar-refractivity contribution in [2.45, 2.75) is 38.9 Å². The van der Waals surface area contributed by atoms with Gasteiger partial charge in [-0.05, 0) is 43.9 Å². The molecule has 2 N–H and O–H groups in total. The lowest BCUT2D eigenvalue weighted by Crippen LogP contribution is -2.41. The fraction of sp³-hybridized carbons (Fsp3) is 0.571. The van der Waals surface area contributed by atoms with E-state index in [1.54, 1.807) is 6.07 Å². The standard InChI is InChI=1S/C14H19F3N2/c1-9-3-4-10(2)19(8-9)11-5-6-13(18)12(7-11)14(15,16)17/h5-7,9-10H,3-4,8,18H2,1-2H3. The van der Waals surface area contributed by atoms with Crippen LogP contribution in [0, 0.1) is 5.92 Å². The number of hydrogen-bond donors (Lipinski definition) is 1. The third kappa shape index (κ3) is 2.96. The largest absolute Gasteiger partial charge is 0.418 e. The maximum atomic E-state index is 12.9. The van der Waals surface area contributed by atoms with Crippen molar-refractivity contribution in [1.82, 2.24) is 0 Å². The van der Waals surface area contributed by atoms with Gasteiger partial charge in [0.15, 0.2) is 0 Å². The molecule has 0 radical (unpaired) electrons. The van der Waals surface area contributed by atoms with E-state index in [2.05, 4.69) is 13.8 Å². The molecule has 2 unspecified atom stereocenters. The number of piperidine rings is 1. The second kappa shape index (κ2) is 4.94. The highest BCUT2D eigenvalue weighted by atomic mass is 19.4. The normalized spacial score (nSPS) is 24.6. The highest BCUT2D eigenvalue weighted by molar-refractivity contribution is 5.60. The van der Waals surface area contributed by atoms with Gasteiger partial charge in [0.25, 0.3) is 0 Å². The monoisotopic (exact) mass is 272 g/mol. The van der Waals surface area contributed by atoms with Crippen molar-refractivity contribution < 1.29 is 13.2 Å². The summed E-state index contributed by atoms with van der Waals surface area (Å²) in [4.78, 5) is 2.04. The number of halogens is 3. The molecule has 5 heteroatoms. The van der Waals surface area contributed by atoms with E-state index in [9.17, 15) is 13.2 Å². The number of nitrogens with two attached hydrogens (primary N) is 1. The van der Waals surface area contributed by atoms with Gasteiger partial charge in [-0.1, -0.05) is 6.92 Å². The van der Waals surface area contributed by atoms with Crippen molar-refractivity contribution in [3.63, 3.8) is 0 Å². The number of rotatable bonds is 1. The molecule has 1 heterocycles. The Morgan fingerprint density at radius 3 is 2.53 bits per heavy atom. The molecule has 0 aliphatic carbocycles. The van der Waals surface area contributed by atoms with E-state index in [1.807, 2.05) is 4.90 Å². The van der Waals surface area contributed by atoms with Crippen molar-refractivity contribution in [3.8, 4) is 0 Å². The zero-order valence-electron chi connectivity index (χ0n) is 11.2. The van der Waals surface area contributed by atoms with Crippen LogP contribution in [0.2, 0.25) is 0 Å². The molecular formula is C14H19F3N2. The van der Waals surface area contributed by atoms with Crippen LogP contribution in [-0.4, -0.2) is 12.6 Å². The van der Waals surface area contributed by atoms with Crippen molar-refractivity contribution in [1.29, 1.82) is 0 Å². The van der Waals surface area contributed by atoms with Crippen LogP contribution >= 0.6 is 0 Å². The summed E-state index contributed by atoms with van der Waals surface area (Å²) in [7, 11) is 0. The van der Waals surface area contributed by atoms with Gasteiger partial charge < -0.3 is 10.6 Å². The van der Waals surface area contributed by atoms with Crippen LogP contribution in [0.1, 0.15) is 32.3 Å². The Bertz CT molecular complexity index is 456. The molecule has 2 atom stereocenters. The zero-order valence-corrected chi connectivity index (χ0v) is 11.2. The second-order valence-electron chi connectivity index (χ2n) is 5.45. The minimum atomic E-state index is -4.40.